The standard InChI is InChI=1S/C11H13BrN4/c1-13-11(9-5-7-15-16(9)2)10-8(12)4-3-6-14-10/h3-7,11,13H,1-2H3. The highest BCUT2D eigenvalue weighted by Crippen LogP contribution is 2.25. The number of nitrogens with one attached hydrogen (secondary N) is 1. The Bertz CT molecular complexity index is 480. The Morgan fingerprint density at radius 1 is 1.38 bits per heavy atom. The molecular formula is C11H13BrN4. The Labute approximate surface area is 103 Å². The number of hydrogen-bond donors (Lipinski definition) is 1. The molecular weight excluding hydrogens is 268 g/mol. The van der Waals surface area contributed by atoms with Gasteiger partial charge in [-0.05, 0) is 41.2 Å². The molecule has 1 N–H and O–H groups in total. The van der Waals surface area contributed by atoms with Crippen LogP contribution in [0.2, 0.25) is 0 Å². The van der Waals surface area contributed by atoms with E-state index in [1.807, 2.05) is 37.0 Å². The fourth-order valence-electron chi connectivity index (χ4n) is 1.70. The van der Waals surface area contributed by atoms with Gasteiger partial charge in [0.15, 0.2) is 0 Å². The van der Waals surface area contributed by atoms with Crippen molar-refractivity contribution in [3.8, 4) is 0 Å². The number of hydrogen-bond acceptors (Lipinski definition) is 3. The van der Waals surface area contributed by atoms with Crippen molar-refractivity contribution in [1.29, 1.82) is 0 Å². The van der Waals surface area contributed by atoms with E-state index in [4.69, 9.17) is 0 Å². The maximum Gasteiger partial charge on any atom is 0.0930 e. The minimum atomic E-state index is 0.0445. The maximum absolute atomic E-state index is 4.40. The summed E-state index contributed by atoms with van der Waals surface area (Å²) in [4.78, 5) is 4.40. The zero-order chi connectivity index (χ0) is 11.5. The lowest BCUT2D eigenvalue weighted by Crippen LogP contribution is -2.22. The molecule has 2 aromatic heterocycles. The third-order valence-electron chi connectivity index (χ3n) is 2.50. The molecule has 5 heteroatoms. The van der Waals surface area contributed by atoms with Crippen molar-refractivity contribution in [2.24, 2.45) is 7.05 Å². The van der Waals surface area contributed by atoms with Crippen molar-refractivity contribution in [2.75, 3.05) is 7.05 Å². The van der Waals surface area contributed by atoms with Crippen LogP contribution < -0.4 is 5.32 Å². The van der Waals surface area contributed by atoms with Crippen LogP contribution in [0.4, 0.5) is 0 Å². The van der Waals surface area contributed by atoms with Crippen LogP contribution >= 0.6 is 15.9 Å². The van der Waals surface area contributed by atoms with Gasteiger partial charge in [-0.15, -0.1) is 0 Å². The van der Waals surface area contributed by atoms with Gasteiger partial charge in [-0.1, -0.05) is 0 Å². The van der Waals surface area contributed by atoms with E-state index in [2.05, 4.69) is 31.3 Å². The SMILES string of the molecule is CNC(c1ncccc1Br)c1ccnn1C. The first kappa shape index (κ1) is 11.3. The zero-order valence-corrected chi connectivity index (χ0v) is 10.8. The van der Waals surface area contributed by atoms with E-state index in [-0.39, 0.29) is 6.04 Å². The monoisotopic (exact) mass is 280 g/mol. The molecule has 84 valence electrons. The van der Waals surface area contributed by atoms with Crippen molar-refractivity contribution in [3.63, 3.8) is 0 Å². The molecule has 0 spiro atoms. The van der Waals surface area contributed by atoms with Gasteiger partial charge in [0, 0.05) is 23.9 Å². The van der Waals surface area contributed by atoms with E-state index in [9.17, 15) is 0 Å². The number of aryl methyl sites for hydroxylation is 1. The van der Waals surface area contributed by atoms with Crippen LogP contribution in [-0.4, -0.2) is 21.8 Å². The Morgan fingerprint density at radius 2 is 2.19 bits per heavy atom. The lowest BCUT2D eigenvalue weighted by atomic mass is 10.1. The first-order chi connectivity index (χ1) is 7.74. The molecule has 16 heavy (non-hydrogen) atoms. The number of aromatic nitrogens is 3. The van der Waals surface area contributed by atoms with E-state index in [0.29, 0.717) is 0 Å². The molecule has 1 atom stereocenters. The predicted molar refractivity (Wildman–Crippen MR) is 66.0 cm³/mol. The number of halogens is 1. The summed E-state index contributed by atoms with van der Waals surface area (Å²) in [6.45, 7) is 0. The number of rotatable bonds is 3. The lowest BCUT2D eigenvalue weighted by molar-refractivity contribution is 0.592. The van der Waals surface area contributed by atoms with E-state index in [1.165, 1.54) is 0 Å². The molecule has 4 nitrogen and oxygen atoms in total. The second-order valence-electron chi connectivity index (χ2n) is 3.47. The summed E-state index contributed by atoms with van der Waals surface area (Å²) >= 11 is 3.52. The summed E-state index contributed by atoms with van der Waals surface area (Å²) < 4.78 is 2.85. The third-order valence-corrected chi connectivity index (χ3v) is 3.17. The molecule has 0 amide bonds. The molecule has 0 saturated carbocycles. The minimum absolute atomic E-state index is 0.0445. The first-order valence-electron chi connectivity index (χ1n) is 4.99. The zero-order valence-electron chi connectivity index (χ0n) is 9.18. The highest BCUT2D eigenvalue weighted by atomic mass is 79.9. The molecule has 0 aliphatic heterocycles. The summed E-state index contributed by atoms with van der Waals surface area (Å²) in [5, 5.41) is 7.42. The van der Waals surface area contributed by atoms with E-state index >= 15 is 0 Å². The number of pyridine rings is 1. The van der Waals surface area contributed by atoms with Crippen LogP contribution in [0.5, 0.6) is 0 Å². The fraction of sp³-hybridized carbons (Fsp3) is 0.273. The normalized spacial score (nSPS) is 12.7. The van der Waals surface area contributed by atoms with E-state index in [1.54, 1.807) is 12.4 Å². The van der Waals surface area contributed by atoms with Crippen LogP contribution in [0.15, 0.2) is 35.1 Å². The van der Waals surface area contributed by atoms with Crippen LogP contribution in [0.3, 0.4) is 0 Å². The molecule has 0 aromatic carbocycles. The highest BCUT2D eigenvalue weighted by Gasteiger charge is 2.18. The molecule has 2 heterocycles. The van der Waals surface area contributed by atoms with Gasteiger partial charge >= 0.3 is 0 Å². The smallest absolute Gasteiger partial charge is 0.0930 e. The Kier molecular flexibility index (Phi) is 3.36. The van der Waals surface area contributed by atoms with Crippen molar-refractivity contribution < 1.29 is 0 Å². The van der Waals surface area contributed by atoms with Crippen molar-refractivity contribution in [3.05, 3.63) is 46.5 Å². The summed E-state index contributed by atoms with van der Waals surface area (Å²) in [6.07, 6.45) is 3.58. The Morgan fingerprint density at radius 3 is 2.75 bits per heavy atom. The second-order valence-corrected chi connectivity index (χ2v) is 4.33. The average molecular weight is 281 g/mol. The van der Waals surface area contributed by atoms with Gasteiger partial charge in [0.1, 0.15) is 0 Å². The summed E-state index contributed by atoms with van der Waals surface area (Å²) in [7, 11) is 3.84. The van der Waals surface area contributed by atoms with Crippen molar-refractivity contribution >= 4 is 15.9 Å². The van der Waals surface area contributed by atoms with Gasteiger partial charge in [0.2, 0.25) is 0 Å². The topological polar surface area (TPSA) is 42.7 Å². The first-order valence-corrected chi connectivity index (χ1v) is 5.79. The van der Waals surface area contributed by atoms with Gasteiger partial charge < -0.3 is 5.32 Å². The Hall–Kier alpha value is -1.20. The van der Waals surface area contributed by atoms with E-state index in [0.717, 1.165) is 15.9 Å². The molecule has 0 radical (unpaired) electrons. The Balaban J connectivity index is 2.45. The third kappa shape index (κ3) is 2.01. The van der Waals surface area contributed by atoms with Crippen LogP contribution in [0.1, 0.15) is 17.4 Å². The van der Waals surface area contributed by atoms with Crippen LogP contribution in [-0.2, 0) is 7.05 Å². The average Bonchev–Trinajstić information content (AvgIpc) is 2.69. The molecule has 0 aliphatic rings. The molecule has 1 unspecified atom stereocenters. The van der Waals surface area contributed by atoms with Crippen LogP contribution in [0, 0.1) is 0 Å². The molecule has 0 fully saturated rings. The molecule has 0 bridgehead atoms. The van der Waals surface area contributed by atoms with Crippen LogP contribution in [0.25, 0.3) is 0 Å². The van der Waals surface area contributed by atoms with Gasteiger partial charge in [-0.2, -0.15) is 5.10 Å². The molecule has 0 aliphatic carbocycles. The highest BCUT2D eigenvalue weighted by molar-refractivity contribution is 9.10. The van der Waals surface area contributed by atoms with Crippen molar-refractivity contribution in [1.82, 2.24) is 20.1 Å². The maximum atomic E-state index is 4.40. The summed E-state index contributed by atoms with van der Waals surface area (Å²) in [6, 6.07) is 5.93. The largest absolute Gasteiger partial charge is 0.307 e. The quantitative estimate of drug-likeness (QED) is 0.934. The summed E-state index contributed by atoms with van der Waals surface area (Å²) in [5.41, 5.74) is 2.05. The second kappa shape index (κ2) is 4.76. The predicted octanol–water partition coefficient (Wildman–Crippen LogP) is 1.89. The van der Waals surface area contributed by atoms with E-state index < -0.39 is 0 Å². The molecule has 0 saturated heterocycles. The minimum Gasteiger partial charge on any atom is -0.307 e. The van der Waals surface area contributed by atoms with Crippen molar-refractivity contribution in [2.45, 2.75) is 6.04 Å². The van der Waals surface area contributed by atoms with Gasteiger partial charge in [-0.3, -0.25) is 9.67 Å². The van der Waals surface area contributed by atoms with Gasteiger partial charge in [0.25, 0.3) is 0 Å². The van der Waals surface area contributed by atoms with Gasteiger partial charge in [0.05, 0.1) is 17.4 Å². The van der Waals surface area contributed by atoms with Gasteiger partial charge in [-0.25, -0.2) is 0 Å². The molecule has 2 aromatic rings. The summed E-state index contributed by atoms with van der Waals surface area (Å²) in [5.74, 6) is 0. The lowest BCUT2D eigenvalue weighted by Gasteiger charge is -2.17. The fourth-order valence-corrected chi connectivity index (χ4v) is 2.19. The number of nitrogens with zero attached hydrogens (tertiary/aromatic N) is 3. The molecule has 2 rings (SSSR count).